The third-order valence-electron chi connectivity index (χ3n) is 6.10. The first kappa shape index (κ1) is 16.6. The molecule has 0 heterocycles. The summed E-state index contributed by atoms with van der Waals surface area (Å²) in [5.41, 5.74) is 1.42. The van der Waals surface area contributed by atoms with Crippen LogP contribution in [0.3, 0.4) is 0 Å². The Kier molecular flexibility index (Phi) is 6.34. The van der Waals surface area contributed by atoms with Crippen LogP contribution in [0.5, 0.6) is 0 Å². The fourth-order valence-corrected chi connectivity index (χ4v) is 4.34. The predicted molar refractivity (Wildman–Crippen MR) is 89.9 cm³/mol. The van der Waals surface area contributed by atoms with Gasteiger partial charge in [0.05, 0.1) is 11.5 Å². The Balaban J connectivity index is 1.90. The van der Waals surface area contributed by atoms with E-state index in [1.165, 1.54) is 69.8 Å². The molecule has 0 saturated heterocycles. The van der Waals surface area contributed by atoms with Crippen LogP contribution < -0.4 is 0 Å². The molecule has 2 aliphatic rings. The van der Waals surface area contributed by atoms with E-state index in [-0.39, 0.29) is 5.41 Å². The van der Waals surface area contributed by atoms with Gasteiger partial charge in [0.15, 0.2) is 0 Å². The van der Waals surface area contributed by atoms with Gasteiger partial charge in [-0.2, -0.15) is 5.26 Å². The van der Waals surface area contributed by atoms with E-state index in [1.807, 2.05) is 0 Å². The van der Waals surface area contributed by atoms with E-state index in [0.717, 1.165) is 24.7 Å². The first-order valence-electron chi connectivity index (χ1n) is 9.34. The fourth-order valence-electron chi connectivity index (χ4n) is 4.34. The number of hydrogen-bond donors (Lipinski definition) is 0. The Morgan fingerprint density at radius 3 is 2.43 bits per heavy atom. The molecule has 0 amide bonds. The number of hydrogen-bond acceptors (Lipinski definition) is 1. The standard InChI is InChI=1S/C20H33N/c1-3-5-6-7-18-12-14-20(16-21,15-13-18)19-10-8-17(4-2)9-11-19/h10,17-18H,3-9,11-15H2,1-2H3/t17-,18-,20+/m0/s1. The zero-order chi connectivity index (χ0) is 15.1. The molecule has 0 aliphatic heterocycles. The minimum atomic E-state index is -0.0834. The van der Waals surface area contributed by atoms with Crippen molar-refractivity contribution in [3.63, 3.8) is 0 Å². The first-order valence-corrected chi connectivity index (χ1v) is 9.34. The molecule has 0 aromatic carbocycles. The van der Waals surface area contributed by atoms with Gasteiger partial charge in [0.1, 0.15) is 0 Å². The van der Waals surface area contributed by atoms with Crippen molar-refractivity contribution < 1.29 is 0 Å². The van der Waals surface area contributed by atoms with Gasteiger partial charge < -0.3 is 0 Å². The molecule has 0 radical (unpaired) electrons. The molecule has 2 rings (SSSR count). The first-order chi connectivity index (χ1) is 10.2. The lowest BCUT2D eigenvalue weighted by atomic mass is 9.64. The highest BCUT2D eigenvalue weighted by molar-refractivity contribution is 5.26. The molecule has 0 unspecified atom stereocenters. The van der Waals surface area contributed by atoms with Gasteiger partial charge in [-0.1, -0.05) is 57.6 Å². The van der Waals surface area contributed by atoms with Gasteiger partial charge in [-0.3, -0.25) is 0 Å². The molecule has 0 bridgehead atoms. The molecule has 2 aliphatic carbocycles. The van der Waals surface area contributed by atoms with Crippen LogP contribution in [0.2, 0.25) is 0 Å². The molecule has 1 saturated carbocycles. The Morgan fingerprint density at radius 2 is 1.90 bits per heavy atom. The van der Waals surface area contributed by atoms with Crippen LogP contribution in [0.15, 0.2) is 11.6 Å². The summed E-state index contributed by atoms with van der Waals surface area (Å²) >= 11 is 0. The van der Waals surface area contributed by atoms with E-state index in [9.17, 15) is 5.26 Å². The van der Waals surface area contributed by atoms with Crippen molar-refractivity contribution in [1.82, 2.24) is 0 Å². The second-order valence-corrected chi connectivity index (χ2v) is 7.41. The Hall–Kier alpha value is -0.770. The lowest BCUT2D eigenvalue weighted by Gasteiger charge is -2.39. The minimum Gasteiger partial charge on any atom is -0.197 e. The van der Waals surface area contributed by atoms with Crippen LogP contribution in [-0.4, -0.2) is 0 Å². The number of unbranched alkanes of at least 4 members (excludes halogenated alkanes) is 2. The second kappa shape index (κ2) is 8.02. The zero-order valence-electron chi connectivity index (χ0n) is 14.2. The highest BCUT2D eigenvalue weighted by Crippen LogP contribution is 2.48. The maximum absolute atomic E-state index is 9.83. The lowest BCUT2D eigenvalue weighted by molar-refractivity contribution is 0.222. The molecule has 21 heavy (non-hydrogen) atoms. The summed E-state index contributed by atoms with van der Waals surface area (Å²) < 4.78 is 0. The van der Waals surface area contributed by atoms with E-state index in [4.69, 9.17) is 0 Å². The number of nitriles is 1. The minimum absolute atomic E-state index is 0.0834. The SMILES string of the molecule is CCCCC[C@H]1CC[C@@](C#N)(C2=CC[C@H](CC)CC2)CC1. The van der Waals surface area contributed by atoms with Crippen LogP contribution in [0.1, 0.15) is 90.9 Å². The summed E-state index contributed by atoms with van der Waals surface area (Å²) in [5.74, 6) is 1.76. The molecule has 0 spiro atoms. The Morgan fingerprint density at radius 1 is 1.14 bits per heavy atom. The van der Waals surface area contributed by atoms with Crippen molar-refractivity contribution >= 4 is 0 Å². The second-order valence-electron chi connectivity index (χ2n) is 7.41. The van der Waals surface area contributed by atoms with Gasteiger partial charge in [-0.05, 0) is 56.8 Å². The summed E-state index contributed by atoms with van der Waals surface area (Å²) in [6, 6.07) is 2.74. The third-order valence-corrected chi connectivity index (χ3v) is 6.10. The van der Waals surface area contributed by atoms with Crippen LogP contribution in [0.4, 0.5) is 0 Å². The van der Waals surface area contributed by atoms with E-state index in [0.29, 0.717) is 0 Å². The third kappa shape index (κ3) is 4.12. The topological polar surface area (TPSA) is 23.8 Å². The van der Waals surface area contributed by atoms with Crippen molar-refractivity contribution in [3.05, 3.63) is 11.6 Å². The van der Waals surface area contributed by atoms with Crippen molar-refractivity contribution in [1.29, 1.82) is 5.26 Å². The molecule has 1 atom stereocenters. The average molecular weight is 287 g/mol. The number of nitrogens with zero attached hydrogens (tertiary/aromatic N) is 1. The summed E-state index contributed by atoms with van der Waals surface area (Å²) in [6.07, 6.45) is 17.8. The quantitative estimate of drug-likeness (QED) is 0.409. The predicted octanol–water partition coefficient (Wildman–Crippen LogP) is 6.40. The molecule has 0 aromatic heterocycles. The molecule has 0 N–H and O–H groups in total. The molecule has 1 fully saturated rings. The zero-order valence-corrected chi connectivity index (χ0v) is 14.2. The fraction of sp³-hybridized carbons (Fsp3) is 0.850. The maximum atomic E-state index is 9.83. The number of allylic oxidation sites excluding steroid dienone is 2. The van der Waals surface area contributed by atoms with Crippen molar-refractivity contribution in [2.75, 3.05) is 0 Å². The lowest BCUT2D eigenvalue weighted by Crippen LogP contribution is -2.29. The van der Waals surface area contributed by atoms with Crippen LogP contribution in [0.25, 0.3) is 0 Å². The van der Waals surface area contributed by atoms with Gasteiger partial charge in [-0.25, -0.2) is 0 Å². The maximum Gasteiger partial charge on any atom is 0.0782 e. The van der Waals surface area contributed by atoms with Gasteiger partial charge in [0.25, 0.3) is 0 Å². The largest absolute Gasteiger partial charge is 0.197 e. The van der Waals surface area contributed by atoms with Gasteiger partial charge >= 0.3 is 0 Å². The van der Waals surface area contributed by atoms with Crippen LogP contribution >= 0.6 is 0 Å². The van der Waals surface area contributed by atoms with Crippen LogP contribution in [-0.2, 0) is 0 Å². The number of rotatable bonds is 6. The monoisotopic (exact) mass is 287 g/mol. The summed E-state index contributed by atoms with van der Waals surface area (Å²) in [7, 11) is 0. The molecule has 1 nitrogen and oxygen atoms in total. The molecule has 118 valence electrons. The molecule has 1 heteroatoms. The van der Waals surface area contributed by atoms with Crippen molar-refractivity contribution in [3.8, 4) is 6.07 Å². The molecule has 0 aromatic rings. The summed E-state index contributed by atoms with van der Waals surface area (Å²) in [5, 5.41) is 9.83. The van der Waals surface area contributed by atoms with E-state index >= 15 is 0 Å². The van der Waals surface area contributed by atoms with E-state index in [1.54, 1.807) is 0 Å². The average Bonchev–Trinajstić information content (AvgIpc) is 2.56. The summed E-state index contributed by atoms with van der Waals surface area (Å²) in [4.78, 5) is 0. The van der Waals surface area contributed by atoms with E-state index in [2.05, 4.69) is 26.0 Å². The normalized spacial score (nSPS) is 33.3. The highest BCUT2D eigenvalue weighted by atomic mass is 14.4. The smallest absolute Gasteiger partial charge is 0.0782 e. The molecular weight excluding hydrogens is 254 g/mol. The molecular formula is C20H33N. The van der Waals surface area contributed by atoms with Gasteiger partial charge in [0.2, 0.25) is 0 Å². The van der Waals surface area contributed by atoms with Crippen molar-refractivity contribution in [2.45, 2.75) is 90.9 Å². The van der Waals surface area contributed by atoms with Gasteiger partial charge in [-0.15, -0.1) is 0 Å². The van der Waals surface area contributed by atoms with Crippen LogP contribution in [0, 0.1) is 28.6 Å². The highest BCUT2D eigenvalue weighted by Gasteiger charge is 2.39. The van der Waals surface area contributed by atoms with Gasteiger partial charge in [0, 0.05) is 0 Å². The Labute approximate surface area is 131 Å². The van der Waals surface area contributed by atoms with Crippen molar-refractivity contribution in [2.24, 2.45) is 17.3 Å². The Bertz CT molecular complexity index is 379. The van der Waals surface area contributed by atoms with E-state index < -0.39 is 0 Å². The summed E-state index contributed by atoms with van der Waals surface area (Å²) in [6.45, 7) is 4.58.